The summed E-state index contributed by atoms with van der Waals surface area (Å²) in [5, 5.41) is 4.72. The average Bonchev–Trinajstić information content (AvgIpc) is 3.17. The number of hydrogen-bond acceptors (Lipinski definition) is 6. The lowest BCUT2D eigenvalue weighted by Gasteiger charge is -2.37. The Balaban J connectivity index is 1.51. The maximum atomic E-state index is 5.65. The van der Waals surface area contributed by atoms with Crippen molar-refractivity contribution in [2.75, 3.05) is 51.4 Å². The topological polar surface area (TPSA) is 59.5 Å². The largest absolute Gasteiger partial charge is 0.383 e. The lowest BCUT2D eigenvalue weighted by atomic mass is 9.96. The molecule has 2 atom stereocenters. The molecular weight excluding hydrogens is 304 g/mol. The molecule has 2 fully saturated rings. The predicted molar refractivity (Wildman–Crippen MR) is 93.1 cm³/mol. The van der Waals surface area contributed by atoms with E-state index >= 15 is 0 Å². The standard InChI is InChI=1S/C18H24N4O2/c1-4-19-11-15-16(1)20-5-2-17(15)21-12-18(14-3-8-24-13-14)22-6-9-23-10-7-22/h1-2,4-5,11,14,18H,3,6-10,12-13H2,(H,20,21)/t14-,18-/m0/s1. The minimum atomic E-state index is 0.469. The molecule has 2 aliphatic rings. The normalized spacial score (nSPS) is 23.4. The van der Waals surface area contributed by atoms with Crippen molar-refractivity contribution in [3.05, 3.63) is 30.7 Å². The smallest absolute Gasteiger partial charge is 0.0753 e. The first-order valence-corrected chi connectivity index (χ1v) is 8.74. The lowest BCUT2D eigenvalue weighted by molar-refractivity contribution is 0.00462. The molecule has 0 unspecified atom stereocenters. The van der Waals surface area contributed by atoms with Gasteiger partial charge in [0.1, 0.15) is 0 Å². The van der Waals surface area contributed by atoms with E-state index in [1.54, 1.807) is 6.20 Å². The summed E-state index contributed by atoms with van der Waals surface area (Å²) in [6, 6.07) is 4.45. The number of fused-ring (bicyclic) bond motifs is 1. The van der Waals surface area contributed by atoms with Gasteiger partial charge in [-0.25, -0.2) is 0 Å². The SMILES string of the molecule is c1cc2nccc(NC[C@@H]([C@H]3CCOC3)N3CCOCC3)c2cn1. The first kappa shape index (κ1) is 15.7. The zero-order valence-electron chi connectivity index (χ0n) is 13.9. The maximum absolute atomic E-state index is 5.65. The van der Waals surface area contributed by atoms with E-state index in [-0.39, 0.29) is 0 Å². The van der Waals surface area contributed by atoms with Gasteiger partial charge in [-0.3, -0.25) is 14.9 Å². The van der Waals surface area contributed by atoms with Crippen molar-refractivity contribution in [1.82, 2.24) is 14.9 Å². The zero-order valence-corrected chi connectivity index (χ0v) is 13.9. The van der Waals surface area contributed by atoms with Gasteiger partial charge in [-0.1, -0.05) is 0 Å². The summed E-state index contributed by atoms with van der Waals surface area (Å²) in [5.74, 6) is 0.585. The van der Waals surface area contributed by atoms with Crippen molar-refractivity contribution in [2.45, 2.75) is 12.5 Å². The number of pyridine rings is 2. The van der Waals surface area contributed by atoms with Crippen LogP contribution in [0.15, 0.2) is 30.7 Å². The minimum Gasteiger partial charge on any atom is -0.383 e. The second kappa shape index (κ2) is 7.42. The third-order valence-corrected chi connectivity index (χ3v) is 5.07. The fourth-order valence-corrected chi connectivity index (χ4v) is 3.72. The molecule has 0 bridgehead atoms. The molecule has 6 nitrogen and oxygen atoms in total. The summed E-state index contributed by atoms with van der Waals surface area (Å²) in [5.41, 5.74) is 2.08. The van der Waals surface area contributed by atoms with E-state index in [2.05, 4.69) is 20.2 Å². The highest BCUT2D eigenvalue weighted by atomic mass is 16.5. The molecule has 2 saturated heterocycles. The van der Waals surface area contributed by atoms with Crippen LogP contribution in [0.4, 0.5) is 5.69 Å². The fraction of sp³-hybridized carbons (Fsp3) is 0.556. The molecule has 2 aromatic heterocycles. The number of rotatable bonds is 5. The summed E-state index contributed by atoms with van der Waals surface area (Å²) >= 11 is 0. The third-order valence-electron chi connectivity index (χ3n) is 5.07. The number of nitrogens with one attached hydrogen (secondary N) is 1. The molecule has 128 valence electrons. The van der Waals surface area contributed by atoms with Crippen molar-refractivity contribution in [3.8, 4) is 0 Å². The molecule has 0 saturated carbocycles. The van der Waals surface area contributed by atoms with Crippen LogP contribution < -0.4 is 5.32 Å². The molecule has 4 rings (SSSR count). The van der Waals surface area contributed by atoms with E-state index in [4.69, 9.17) is 9.47 Å². The number of ether oxygens (including phenoxy) is 2. The first-order chi connectivity index (χ1) is 11.9. The van der Waals surface area contributed by atoms with Crippen molar-refractivity contribution in [3.63, 3.8) is 0 Å². The van der Waals surface area contributed by atoms with Gasteiger partial charge in [0.2, 0.25) is 0 Å². The van der Waals surface area contributed by atoms with Crippen molar-refractivity contribution < 1.29 is 9.47 Å². The molecule has 24 heavy (non-hydrogen) atoms. The van der Waals surface area contributed by atoms with Gasteiger partial charge in [0.25, 0.3) is 0 Å². The van der Waals surface area contributed by atoms with Crippen molar-refractivity contribution in [2.24, 2.45) is 5.92 Å². The van der Waals surface area contributed by atoms with Gasteiger partial charge in [0.15, 0.2) is 0 Å². The molecule has 0 aliphatic carbocycles. The van der Waals surface area contributed by atoms with Crippen LogP contribution in [0.25, 0.3) is 10.9 Å². The van der Waals surface area contributed by atoms with E-state index in [9.17, 15) is 0 Å². The number of hydrogen-bond donors (Lipinski definition) is 1. The van der Waals surface area contributed by atoms with Crippen molar-refractivity contribution >= 4 is 16.6 Å². The zero-order chi connectivity index (χ0) is 16.2. The average molecular weight is 328 g/mol. The van der Waals surface area contributed by atoms with Crippen LogP contribution in [0.5, 0.6) is 0 Å². The Bertz CT molecular complexity index is 664. The van der Waals surface area contributed by atoms with Gasteiger partial charge in [0, 0.05) is 67.9 Å². The van der Waals surface area contributed by atoms with Gasteiger partial charge in [0.05, 0.1) is 25.3 Å². The number of anilines is 1. The Kier molecular flexibility index (Phi) is 4.87. The summed E-state index contributed by atoms with van der Waals surface area (Å²) in [6.45, 7) is 6.30. The van der Waals surface area contributed by atoms with Gasteiger partial charge >= 0.3 is 0 Å². The molecule has 1 N–H and O–H groups in total. The van der Waals surface area contributed by atoms with Gasteiger partial charge in [-0.05, 0) is 18.6 Å². The molecule has 4 heterocycles. The van der Waals surface area contributed by atoms with Crippen molar-refractivity contribution in [1.29, 1.82) is 0 Å². The Morgan fingerprint density at radius 2 is 2.08 bits per heavy atom. The summed E-state index contributed by atoms with van der Waals surface area (Å²) in [7, 11) is 0. The monoisotopic (exact) mass is 328 g/mol. The minimum absolute atomic E-state index is 0.469. The van der Waals surface area contributed by atoms with Crippen LogP contribution in [0.2, 0.25) is 0 Å². The third kappa shape index (κ3) is 3.36. The first-order valence-electron chi connectivity index (χ1n) is 8.74. The van der Waals surface area contributed by atoms with Gasteiger partial charge < -0.3 is 14.8 Å². The number of aromatic nitrogens is 2. The van der Waals surface area contributed by atoms with E-state index in [1.165, 1.54) is 0 Å². The van der Waals surface area contributed by atoms with E-state index in [1.807, 2.05) is 24.5 Å². The highest BCUT2D eigenvalue weighted by Crippen LogP contribution is 2.25. The number of morpholine rings is 1. The summed E-state index contributed by atoms with van der Waals surface area (Å²) in [6.07, 6.45) is 6.66. The van der Waals surface area contributed by atoms with E-state index in [0.717, 1.165) is 69.1 Å². The molecule has 0 aromatic carbocycles. The Morgan fingerprint density at radius 1 is 1.17 bits per heavy atom. The molecule has 6 heteroatoms. The van der Waals surface area contributed by atoms with Crippen LogP contribution in [0.3, 0.4) is 0 Å². The summed E-state index contributed by atoms with van der Waals surface area (Å²) < 4.78 is 11.2. The van der Waals surface area contributed by atoms with Crippen LogP contribution in [-0.4, -0.2) is 67.0 Å². The molecular formula is C18H24N4O2. The van der Waals surface area contributed by atoms with Crippen LogP contribution in [0.1, 0.15) is 6.42 Å². The van der Waals surface area contributed by atoms with Gasteiger partial charge in [-0.2, -0.15) is 0 Å². The van der Waals surface area contributed by atoms with Crippen LogP contribution in [0, 0.1) is 5.92 Å². The predicted octanol–water partition coefficient (Wildman–Crippen LogP) is 1.78. The fourth-order valence-electron chi connectivity index (χ4n) is 3.72. The van der Waals surface area contributed by atoms with Gasteiger partial charge in [-0.15, -0.1) is 0 Å². The molecule has 0 spiro atoms. The second-order valence-electron chi connectivity index (χ2n) is 6.47. The quantitative estimate of drug-likeness (QED) is 0.903. The van der Waals surface area contributed by atoms with E-state index < -0.39 is 0 Å². The molecule has 2 aromatic rings. The Labute approximate surface area is 142 Å². The Morgan fingerprint density at radius 3 is 2.92 bits per heavy atom. The molecule has 0 radical (unpaired) electrons. The van der Waals surface area contributed by atoms with Crippen LogP contribution in [-0.2, 0) is 9.47 Å². The highest BCUT2D eigenvalue weighted by molar-refractivity contribution is 5.90. The number of nitrogens with zero attached hydrogens (tertiary/aromatic N) is 3. The highest BCUT2D eigenvalue weighted by Gasteiger charge is 2.31. The molecule has 0 amide bonds. The second-order valence-corrected chi connectivity index (χ2v) is 6.47. The van der Waals surface area contributed by atoms with E-state index in [0.29, 0.717) is 12.0 Å². The maximum Gasteiger partial charge on any atom is 0.0753 e. The van der Waals surface area contributed by atoms with Crippen LogP contribution >= 0.6 is 0 Å². The summed E-state index contributed by atoms with van der Waals surface area (Å²) in [4.78, 5) is 11.2. The lowest BCUT2D eigenvalue weighted by Crippen LogP contribution is -2.50. The Hall–Kier alpha value is -1.76. The molecule has 2 aliphatic heterocycles.